The molecule has 2 aromatic heterocycles. The molecule has 0 spiro atoms. The number of ether oxygens (including phenoxy) is 2. The lowest BCUT2D eigenvalue weighted by Crippen LogP contribution is -2.24. The van der Waals surface area contributed by atoms with E-state index in [0.29, 0.717) is 28.3 Å². The number of fused-ring (bicyclic) bond motifs is 1. The second-order valence-corrected chi connectivity index (χ2v) is 7.66. The highest BCUT2D eigenvalue weighted by atomic mass is 79.9. The highest BCUT2D eigenvalue weighted by Crippen LogP contribution is 2.30. The molecule has 4 aromatic rings. The molecule has 0 saturated heterocycles. The Morgan fingerprint density at radius 3 is 2.67 bits per heavy atom. The van der Waals surface area contributed by atoms with Crippen LogP contribution in [0.25, 0.3) is 16.8 Å². The number of methoxy groups -OCH3 is 2. The minimum atomic E-state index is -0.956. The molecule has 4 rings (SSSR count). The lowest BCUT2D eigenvalue weighted by atomic mass is 10.1. The summed E-state index contributed by atoms with van der Waals surface area (Å²) in [6.45, 7) is 0.0657. The fourth-order valence-electron chi connectivity index (χ4n) is 3.34. The minimum absolute atomic E-state index is 0.0657. The van der Waals surface area contributed by atoms with Crippen molar-refractivity contribution in [3.05, 3.63) is 81.3 Å². The zero-order valence-corrected chi connectivity index (χ0v) is 18.0. The number of aliphatic hydroxyl groups is 1. The highest BCUT2D eigenvalue weighted by molar-refractivity contribution is 9.10. The van der Waals surface area contributed by atoms with Crippen LogP contribution in [0.2, 0.25) is 0 Å². The average Bonchev–Trinajstić information content (AvgIpc) is 3.20. The first-order valence-corrected chi connectivity index (χ1v) is 10.0. The van der Waals surface area contributed by atoms with Gasteiger partial charge in [0.15, 0.2) is 0 Å². The number of rotatable bonds is 6. The SMILES string of the molecule is COc1ccc(OC)c(C(O)Cn2ccn3nc(-c4cccc(Br)c4)cc3c2=O)c1. The van der Waals surface area contributed by atoms with Crippen LogP contribution in [0.15, 0.2) is 70.2 Å². The van der Waals surface area contributed by atoms with Crippen molar-refractivity contribution in [2.24, 2.45) is 0 Å². The van der Waals surface area contributed by atoms with Crippen LogP contribution in [0, 0.1) is 0 Å². The molecule has 1 N–H and O–H groups in total. The van der Waals surface area contributed by atoms with Gasteiger partial charge in [-0.15, -0.1) is 0 Å². The predicted molar refractivity (Wildman–Crippen MR) is 117 cm³/mol. The average molecular weight is 470 g/mol. The molecule has 1 atom stereocenters. The van der Waals surface area contributed by atoms with E-state index in [1.807, 2.05) is 24.3 Å². The van der Waals surface area contributed by atoms with E-state index in [4.69, 9.17) is 9.47 Å². The smallest absolute Gasteiger partial charge is 0.276 e. The zero-order chi connectivity index (χ0) is 21.3. The largest absolute Gasteiger partial charge is 0.497 e. The van der Waals surface area contributed by atoms with Crippen LogP contribution in [-0.4, -0.2) is 33.5 Å². The molecule has 0 aliphatic heterocycles. The van der Waals surface area contributed by atoms with Crippen molar-refractivity contribution in [2.45, 2.75) is 12.6 Å². The van der Waals surface area contributed by atoms with Crippen molar-refractivity contribution >= 4 is 21.4 Å². The predicted octanol–water partition coefficient (Wildman–Crippen LogP) is 3.68. The number of benzene rings is 2. The van der Waals surface area contributed by atoms with Gasteiger partial charge in [0.25, 0.3) is 5.56 Å². The Balaban J connectivity index is 1.69. The fraction of sp³-hybridized carbons (Fsp3) is 0.182. The Bertz CT molecular complexity index is 1260. The summed E-state index contributed by atoms with van der Waals surface area (Å²) >= 11 is 3.45. The maximum absolute atomic E-state index is 13.0. The summed E-state index contributed by atoms with van der Waals surface area (Å²) < 4.78 is 14.5. The molecule has 8 heteroatoms. The minimum Gasteiger partial charge on any atom is -0.497 e. The van der Waals surface area contributed by atoms with Crippen molar-refractivity contribution in [3.63, 3.8) is 0 Å². The Hall–Kier alpha value is -3.10. The number of nitrogens with zero attached hydrogens (tertiary/aromatic N) is 3. The molecule has 0 amide bonds. The number of aliphatic hydroxyl groups excluding tert-OH is 1. The molecule has 2 aromatic carbocycles. The monoisotopic (exact) mass is 469 g/mol. The summed E-state index contributed by atoms with van der Waals surface area (Å²) in [5.74, 6) is 1.13. The summed E-state index contributed by atoms with van der Waals surface area (Å²) in [5, 5.41) is 15.3. The standard InChI is InChI=1S/C22H20BrN3O4/c1-29-16-6-7-21(30-2)17(11-16)20(27)13-25-8-9-26-19(22(25)28)12-18(24-26)14-4-3-5-15(23)10-14/h3-12,20,27H,13H2,1-2H3. The first kappa shape index (κ1) is 20.2. The van der Waals surface area contributed by atoms with Crippen LogP contribution in [0.4, 0.5) is 0 Å². The van der Waals surface area contributed by atoms with Gasteiger partial charge in [0, 0.05) is 28.0 Å². The lowest BCUT2D eigenvalue weighted by molar-refractivity contribution is 0.151. The Morgan fingerprint density at radius 1 is 1.10 bits per heavy atom. The van der Waals surface area contributed by atoms with Gasteiger partial charge in [0.2, 0.25) is 0 Å². The normalized spacial score (nSPS) is 12.1. The van der Waals surface area contributed by atoms with Crippen LogP contribution in [0.1, 0.15) is 11.7 Å². The van der Waals surface area contributed by atoms with E-state index >= 15 is 0 Å². The molecule has 154 valence electrons. The summed E-state index contributed by atoms with van der Waals surface area (Å²) in [6, 6.07) is 14.7. The molecule has 0 aliphatic carbocycles. The Kier molecular flexibility index (Phi) is 5.61. The van der Waals surface area contributed by atoms with Gasteiger partial charge in [-0.3, -0.25) is 4.79 Å². The summed E-state index contributed by atoms with van der Waals surface area (Å²) in [7, 11) is 3.09. The molecular formula is C22H20BrN3O4. The molecule has 0 fully saturated rings. The number of hydrogen-bond donors (Lipinski definition) is 1. The maximum Gasteiger partial charge on any atom is 0.276 e. The van der Waals surface area contributed by atoms with Gasteiger partial charge in [-0.05, 0) is 36.4 Å². The number of halogens is 1. The van der Waals surface area contributed by atoms with Gasteiger partial charge < -0.3 is 19.1 Å². The van der Waals surface area contributed by atoms with Crippen molar-refractivity contribution in [1.29, 1.82) is 0 Å². The van der Waals surface area contributed by atoms with E-state index in [1.54, 1.807) is 48.3 Å². The first-order valence-electron chi connectivity index (χ1n) is 9.25. The van der Waals surface area contributed by atoms with Crippen molar-refractivity contribution in [2.75, 3.05) is 14.2 Å². The van der Waals surface area contributed by atoms with Crippen LogP contribution < -0.4 is 15.0 Å². The zero-order valence-electron chi connectivity index (χ0n) is 16.4. The first-order chi connectivity index (χ1) is 14.5. The van der Waals surface area contributed by atoms with Crippen LogP contribution in [0.3, 0.4) is 0 Å². The lowest BCUT2D eigenvalue weighted by Gasteiger charge is -2.17. The van der Waals surface area contributed by atoms with E-state index in [1.165, 1.54) is 11.7 Å². The third kappa shape index (κ3) is 3.83. The molecule has 0 aliphatic rings. The van der Waals surface area contributed by atoms with E-state index in [0.717, 1.165) is 10.0 Å². The van der Waals surface area contributed by atoms with Gasteiger partial charge in [-0.2, -0.15) is 5.10 Å². The maximum atomic E-state index is 13.0. The highest BCUT2D eigenvalue weighted by Gasteiger charge is 2.17. The van der Waals surface area contributed by atoms with Crippen LogP contribution in [-0.2, 0) is 6.54 Å². The van der Waals surface area contributed by atoms with Crippen molar-refractivity contribution in [1.82, 2.24) is 14.2 Å². The third-order valence-electron chi connectivity index (χ3n) is 4.89. The van der Waals surface area contributed by atoms with E-state index in [-0.39, 0.29) is 12.1 Å². The topological polar surface area (TPSA) is 78.0 Å². The molecule has 7 nitrogen and oxygen atoms in total. The van der Waals surface area contributed by atoms with Crippen molar-refractivity contribution in [3.8, 4) is 22.8 Å². The summed E-state index contributed by atoms with van der Waals surface area (Å²) in [5.41, 5.74) is 2.33. The second-order valence-electron chi connectivity index (χ2n) is 6.75. The van der Waals surface area contributed by atoms with E-state index in [2.05, 4.69) is 21.0 Å². The van der Waals surface area contributed by atoms with Gasteiger partial charge in [-0.25, -0.2) is 4.52 Å². The second kappa shape index (κ2) is 8.33. The molecule has 0 radical (unpaired) electrons. The van der Waals surface area contributed by atoms with Gasteiger partial charge in [-0.1, -0.05) is 28.1 Å². The third-order valence-corrected chi connectivity index (χ3v) is 5.38. The van der Waals surface area contributed by atoms with E-state index in [9.17, 15) is 9.90 Å². The van der Waals surface area contributed by atoms with Gasteiger partial charge >= 0.3 is 0 Å². The fourth-order valence-corrected chi connectivity index (χ4v) is 3.74. The van der Waals surface area contributed by atoms with Gasteiger partial charge in [0.05, 0.1) is 26.5 Å². The van der Waals surface area contributed by atoms with Crippen LogP contribution in [0.5, 0.6) is 11.5 Å². The summed E-state index contributed by atoms with van der Waals surface area (Å²) in [4.78, 5) is 13.0. The molecule has 30 heavy (non-hydrogen) atoms. The van der Waals surface area contributed by atoms with E-state index < -0.39 is 6.10 Å². The summed E-state index contributed by atoms with van der Waals surface area (Å²) in [6.07, 6.45) is 2.36. The molecule has 0 saturated carbocycles. The molecule has 1 unspecified atom stereocenters. The number of hydrogen-bond acceptors (Lipinski definition) is 5. The molecule has 2 heterocycles. The molecule has 0 bridgehead atoms. The molecular weight excluding hydrogens is 450 g/mol. The quantitative estimate of drug-likeness (QED) is 0.465. The van der Waals surface area contributed by atoms with Gasteiger partial charge in [0.1, 0.15) is 23.1 Å². The number of aromatic nitrogens is 3. The van der Waals surface area contributed by atoms with Crippen LogP contribution >= 0.6 is 15.9 Å². The Labute approximate surface area is 181 Å². The van der Waals surface area contributed by atoms with Crippen molar-refractivity contribution < 1.29 is 14.6 Å². The Morgan fingerprint density at radius 2 is 1.93 bits per heavy atom.